The van der Waals surface area contributed by atoms with Gasteiger partial charge in [-0.05, 0) is 36.8 Å². The molecule has 160 valence electrons. The van der Waals surface area contributed by atoms with Crippen LogP contribution in [0.1, 0.15) is 24.1 Å². The number of hydrogen-bond donors (Lipinski definition) is 2. The molecule has 0 unspecified atom stereocenters. The molecule has 2 aliphatic heterocycles. The molecular weight excluding hydrogens is 410 g/mol. The highest BCUT2D eigenvalue weighted by Crippen LogP contribution is 2.41. The van der Waals surface area contributed by atoms with Gasteiger partial charge in [-0.15, -0.1) is 0 Å². The SMILES string of the molecule is COc1ccccc1NC(=O)C1=C(C)Nc2c(C#N)cnn2[C@@H]1c1ccc2c(c1)OCO2. The topological polar surface area (TPSA) is 110 Å². The summed E-state index contributed by atoms with van der Waals surface area (Å²) in [5.41, 5.74) is 2.78. The number of amides is 1. The predicted molar refractivity (Wildman–Crippen MR) is 116 cm³/mol. The summed E-state index contributed by atoms with van der Waals surface area (Å²) in [6.07, 6.45) is 1.48. The quantitative estimate of drug-likeness (QED) is 0.654. The molecule has 0 spiro atoms. The summed E-state index contributed by atoms with van der Waals surface area (Å²) >= 11 is 0. The van der Waals surface area contributed by atoms with Crippen LogP contribution in [-0.4, -0.2) is 29.6 Å². The molecule has 3 aromatic rings. The Balaban J connectivity index is 1.61. The van der Waals surface area contributed by atoms with Crippen molar-refractivity contribution in [3.05, 3.63) is 71.1 Å². The summed E-state index contributed by atoms with van der Waals surface area (Å²) < 4.78 is 18.0. The number of benzene rings is 2. The smallest absolute Gasteiger partial charge is 0.255 e. The van der Waals surface area contributed by atoms with Gasteiger partial charge in [-0.3, -0.25) is 4.79 Å². The van der Waals surface area contributed by atoms with E-state index in [-0.39, 0.29) is 12.7 Å². The number of fused-ring (bicyclic) bond motifs is 2. The van der Waals surface area contributed by atoms with Crippen LogP contribution in [0.15, 0.2) is 59.9 Å². The minimum Gasteiger partial charge on any atom is -0.495 e. The Morgan fingerprint density at radius 3 is 2.91 bits per heavy atom. The Morgan fingerprint density at radius 2 is 2.09 bits per heavy atom. The van der Waals surface area contributed by atoms with Crippen molar-refractivity contribution >= 4 is 17.4 Å². The summed E-state index contributed by atoms with van der Waals surface area (Å²) in [4.78, 5) is 13.5. The van der Waals surface area contributed by atoms with E-state index in [1.807, 2.05) is 24.3 Å². The van der Waals surface area contributed by atoms with Gasteiger partial charge in [0.25, 0.3) is 5.91 Å². The lowest BCUT2D eigenvalue weighted by Crippen LogP contribution is -2.31. The average Bonchev–Trinajstić information content (AvgIpc) is 3.44. The molecule has 5 rings (SSSR count). The summed E-state index contributed by atoms with van der Waals surface area (Å²) in [5, 5.41) is 20.0. The first kappa shape index (κ1) is 19.5. The number of nitriles is 1. The Morgan fingerprint density at radius 1 is 1.28 bits per heavy atom. The van der Waals surface area contributed by atoms with Crippen molar-refractivity contribution in [1.29, 1.82) is 5.26 Å². The van der Waals surface area contributed by atoms with Gasteiger partial charge in [0.1, 0.15) is 29.2 Å². The lowest BCUT2D eigenvalue weighted by Gasteiger charge is -2.30. The van der Waals surface area contributed by atoms with E-state index in [1.54, 1.807) is 36.9 Å². The number of allylic oxidation sites excluding steroid dienone is 1. The molecule has 2 aromatic carbocycles. The van der Waals surface area contributed by atoms with Crippen LogP contribution >= 0.6 is 0 Å². The molecule has 0 saturated heterocycles. The molecule has 32 heavy (non-hydrogen) atoms. The van der Waals surface area contributed by atoms with E-state index in [1.165, 1.54) is 6.20 Å². The van der Waals surface area contributed by atoms with E-state index in [0.29, 0.717) is 45.6 Å². The number of methoxy groups -OCH3 is 1. The number of carbonyl (C=O) groups excluding carboxylic acids is 1. The van der Waals surface area contributed by atoms with Crippen molar-refractivity contribution < 1.29 is 19.0 Å². The number of nitrogens with one attached hydrogen (secondary N) is 2. The fourth-order valence-electron chi connectivity index (χ4n) is 3.96. The normalized spacial score (nSPS) is 16.1. The molecule has 0 bridgehead atoms. The Kier molecular flexibility index (Phi) is 4.67. The largest absolute Gasteiger partial charge is 0.495 e. The minimum atomic E-state index is -0.586. The zero-order valence-corrected chi connectivity index (χ0v) is 17.4. The summed E-state index contributed by atoms with van der Waals surface area (Å²) in [6.45, 7) is 1.95. The maximum Gasteiger partial charge on any atom is 0.255 e. The van der Waals surface area contributed by atoms with Gasteiger partial charge in [0.05, 0.1) is 24.6 Å². The lowest BCUT2D eigenvalue weighted by molar-refractivity contribution is -0.113. The van der Waals surface area contributed by atoms with Crippen LogP contribution in [0, 0.1) is 11.3 Å². The van der Waals surface area contributed by atoms with E-state index in [0.717, 1.165) is 5.56 Å². The molecule has 0 saturated carbocycles. The zero-order chi connectivity index (χ0) is 22.2. The van der Waals surface area contributed by atoms with E-state index >= 15 is 0 Å². The molecule has 1 atom stereocenters. The van der Waals surface area contributed by atoms with Gasteiger partial charge in [0.15, 0.2) is 11.5 Å². The van der Waals surface area contributed by atoms with Crippen molar-refractivity contribution in [2.75, 3.05) is 24.5 Å². The number of hydrogen-bond acceptors (Lipinski definition) is 7. The molecule has 1 amide bonds. The molecule has 0 radical (unpaired) electrons. The highest BCUT2D eigenvalue weighted by atomic mass is 16.7. The van der Waals surface area contributed by atoms with Crippen LogP contribution in [0.2, 0.25) is 0 Å². The molecule has 2 N–H and O–H groups in total. The Labute approximate surface area is 183 Å². The number of para-hydroxylation sites is 2. The molecule has 0 fully saturated rings. The fraction of sp³-hybridized carbons (Fsp3) is 0.174. The van der Waals surface area contributed by atoms with Crippen molar-refractivity contribution in [1.82, 2.24) is 9.78 Å². The minimum absolute atomic E-state index is 0.145. The number of ether oxygens (including phenoxy) is 3. The first-order chi connectivity index (χ1) is 15.6. The van der Waals surface area contributed by atoms with Crippen LogP contribution in [0.5, 0.6) is 17.2 Å². The number of nitrogens with zero attached hydrogens (tertiary/aromatic N) is 3. The number of carbonyl (C=O) groups is 1. The van der Waals surface area contributed by atoms with Crippen LogP contribution in [0.25, 0.3) is 0 Å². The molecule has 9 heteroatoms. The van der Waals surface area contributed by atoms with Crippen molar-refractivity contribution in [3.8, 4) is 23.3 Å². The number of anilines is 2. The van der Waals surface area contributed by atoms with E-state index in [4.69, 9.17) is 14.2 Å². The standard InChI is InChI=1S/C23H19N5O4/c1-13-20(23(29)27-16-5-3-4-6-17(16)30-2)21(28-22(26-13)15(10-24)11-25-28)14-7-8-18-19(9-14)32-12-31-18/h3-9,11,21,26H,12H2,1-2H3,(H,27,29)/t21-/m1/s1. The lowest BCUT2D eigenvalue weighted by atomic mass is 9.94. The molecule has 9 nitrogen and oxygen atoms in total. The van der Waals surface area contributed by atoms with Crippen molar-refractivity contribution in [3.63, 3.8) is 0 Å². The second kappa shape index (κ2) is 7.67. The monoisotopic (exact) mass is 429 g/mol. The number of aromatic nitrogens is 2. The van der Waals surface area contributed by atoms with Gasteiger partial charge in [-0.1, -0.05) is 18.2 Å². The molecule has 1 aromatic heterocycles. The summed E-state index contributed by atoms with van der Waals surface area (Å²) in [7, 11) is 1.55. The molecule has 0 aliphatic carbocycles. The van der Waals surface area contributed by atoms with Crippen LogP contribution in [0.4, 0.5) is 11.5 Å². The van der Waals surface area contributed by atoms with Gasteiger partial charge in [0.2, 0.25) is 6.79 Å². The average molecular weight is 429 g/mol. The van der Waals surface area contributed by atoms with Crippen LogP contribution in [-0.2, 0) is 4.79 Å². The molecule has 2 aliphatic rings. The van der Waals surface area contributed by atoms with E-state index in [2.05, 4.69) is 21.8 Å². The van der Waals surface area contributed by atoms with Gasteiger partial charge < -0.3 is 24.8 Å². The first-order valence-electron chi connectivity index (χ1n) is 9.90. The maximum atomic E-state index is 13.5. The molecule has 3 heterocycles. The maximum absolute atomic E-state index is 13.5. The second-order valence-electron chi connectivity index (χ2n) is 7.30. The third kappa shape index (κ3) is 3.09. The van der Waals surface area contributed by atoms with Crippen LogP contribution < -0.4 is 24.8 Å². The second-order valence-corrected chi connectivity index (χ2v) is 7.30. The van der Waals surface area contributed by atoms with Gasteiger partial charge in [-0.2, -0.15) is 10.4 Å². The van der Waals surface area contributed by atoms with E-state index < -0.39 is 6.04 Å². The van der Waals surface area contributed by atoms with Gasteiger partial charge >= 0.3 is 0 Å². The van der Waals surface area contributed by atoms with E-state index in [9.17, 15) is 10.1 Å². The fourth-order valence-corrected chi connectivity index (χ4v) is 3.96. The highest BCUT2D eigenvalue weighted by Gasteiger charge is 2.35. The van der Waals surface area contributed by atoms with Gasteiger partial charge in [-0.25, -0.2) is 4.68 Å². The number of rotatable bonds is 4. The predicted octanol–water partition coefficient (Wildman–Crippen LogP) is 3.42. The summed E-state index contributed by atoms with van der Waals surface area (Å²) in [6, 6.07) is 14.2. The zero-order valence-electron chi connectivity index (χ0n) is 17.4. The Hall–Kier alpha value is -4.45. The molecular formula is C23H19N5O4. The third-order valence-corrected chi connectivity index (χ3v) is 5.46. The van der Waals surface area contributed by atoms with Gasteiger partial charge in [0, 0.05) is 5.70 Å². The van der Waals surface area contributed by atoms with Crippen LogP contribution in [0.3, 0.4) is 0 Å². The first-order valence-corrected chi connectivity index (χ1v) is 9.90. The van der Waals surface area contributed by atoms with Crippen molar-refractivity contribution in [2.45, 2.75) is 13.0 Å². The highest BCUT2D eigenvalue weighted by molar-refractivity contribution is 6.06. The van der Waals surface area contributed by atoms with Crippen molar-refractivity contribution in [2.24, 2.45) is 0 Å². The third-order valence-electron chi connectivity index (χ3n) is 5.46. The Bertz CT molecular complexity index is 1300. The summed E-state index contributed by atoms with van der Waals surface area (Å²) in [5.74, 6) is 2.00.